The molecule has 2 fully saturated rings. The Kier molecular flexibility index (Phi) is 3.89. The van der Waals surface area contributed by atoms with E-state index >= 15 is 0 Å². The number of nitrogens with zero attached hydrogens (tertiary/aromatic N) is 3. The molecule has 3 rings (SSSR count). The minimum Gasteiger partial charge on any atom is -0.367 e. The Morgan fingerprint density at radius 1 is 1.37 bits per heavy atom. The van der Waals surface area contributed by atoms with E-state index in [1.54, 1.807) is 0 Å². The number of piperidine rings is 1. The van der Waals surface area contributed by atoms with Crippen molar-refractivity contribution in [2.45, 2.75) is 51.1 Å². The highest BCUT2D eigenvalue weighted by atomic mass is 35.5. The molecule has 0 saturated carbocycles. The molecule has 19 heavy (non-hydrogen) atoms. The Balaban J connectivity index is 1.66. The molecule has 1 N–H and O–H groups in total. The summed E-state index contributed by atoms with van der Waals surface area (Å²) in [6.07, 6.45) is 5.94. The average Bonchev–Trinajstić information content (AvgIpc) is 2.85. The summed E-state index contributed by atoms with van der Waals surface area (Å²) in [7, 11) is 0. The lowest BCUT2D eigenvalue weighted by molar-refractivity contribution is 0.188. The molecule has 0 amide bonds. The lowest BCUT2D eigenvalue weighted by Crippen LogP contribution is -2.42. The number of aryl methyl sites for hydroxylation is 1. The van der Waals surface area contributed by atoms with Crippen molar-refractivity contribution in [3.05, 3.63) is 17.0 Å². The van der Waals surface area contributed by atoms with Gasteiger partial charge in [0.1, 0.15) is 16.8 Å². The van der Waals surface area contributed by atoms with Crippen LogP contribution in [0, 0.1) is 0 Å². The van der Waals surface area contributed by atoms with Crippen molar-refractivity contribution in [3.8, 4) is 0 Å². The molecule has 0 spiro atoms. The smallest absolute Gasteiger partial charge is 0.134 e. The zero-order chi connectivity index (χ0) is 13.2. The van der Waals surface area contributed by atoms with Crippen molar-refractivity contribution in [3.63, 3.8) is 0 Å². The lowest BCUT2D eigenvalue weighted by atomic mass is 9.97. The SMILES string of the molecule is CCc1nc(Cl)cc(NC2CCN3CCCC3C2)n1. The van der Waals surface area contributed by atoms with Crippen molar-refractivity contribution in [2.24, 2.45) is 0 Å². The van der Waals surface area contributed by atoms with Gasteiger partial charge in [0.05, 0.1) is 0 Å². The van der Waals surface area contributed by atoms with Crippen molar-refractivity contribution < 1.29 is 0 Å². The van der Waals surface area contributed by atoms with Gasteiger partial charge >= 0.3 is 0 Å². The Labute approximate surface area is 119 Å². The topological polar surface area (TPSA) is 41.1 Å². The first-order valence-electron chi connectivity index (χ1n) is 7.28. The fraction of sp³-hybridized carbons (Fsp3) is 0.714. The molecule has 4 nitrogen and oxygen atoms in total. The molecule has 5 heteroatoms. The highest BCUT2D eigenvalue weighted by Gasteiger charge is 2.31. The van der Waals surface area contributed by atoms with Crippen LogP contribution in [0.5, 0.6) is 0 Å². The molecule has 0 bridgehead atoms. The van der Waals surface area contributed by atoms with E-state index in [-0.39, 0.29) is 0 Å². The normalized spacial score (nSPS) is 27.3. The number of nitrogens with one attached hydrogen (secondary N) is 1. The van der Waals surface area contributed by atoms with Crippen molar-refractivity contribution in [2.75, 3.05) is 18.4 Å². The van der Waals surface area contributed by atoms with Crippen LogP contribution in [0.1, 0.15) is 38.4 Å². The molecule has 0 aromatic carbocycles. The predicted octanol–water partition coefficient (Wildman–Crippen LogP) is 2.73. The second kappa shape index (κ2) is 5.63. The van der Waals surface area contributed by atoms with E-state index in [9.17, 15) is 0 Å². The summed E-state index contributed by atoms with van der Waals surface area (Å²) in [6.45, 7) is 4.55. The summed E-state index contributed by atoms with van der Waals surface area (Å²) in [4.78, 5) is 11.3. The minimum absolute atomic E-state index is 0.523. The summed E-state index contributed by atoms with van der Waals surface area (Å²) in [5, 5.41) is 4.08. The Hall–Kier alpha value is -0.870. The van der Waals surface area contributed by atoms with Crippen molar-refractivity contribution in [1.82, 2.24) is 14.9 Å². The Morgan fingerprint density at radius 2 is 2.26 bits per heavy atom. The highest BCUT2D eigenvalue weighted by molar-refractivity contribution is 6.29. The first kappa shape index (κ1) is 13.1. The molecular weight excluding hydrogens is 260 g/mol. The van der Waals surface area contributed by atoms with Crippen LogP contribution in [0.3, 0.4) is 0 Å². The van der Waals surface area contributed by atoms with E-state index in [0.717, 1.165) is 24.1 Å². The summed E-state index contributed by atoms with van der Waals surface area (Å²) in [5.74, 6) is 1.70. The number of rotatable bonds is 3. The number of hydrogen-bond donors (Lipinski definition) is 1. The van der Waals surface area contributed by atoms with Crippen LogP contribution in [0.2, 0.25) is 5.15 Å². The molecule has 3 heterocycles. The van der Waals surface area contributed by atoms with E-state index in [2.05, 4.69) is 20.2 Å². The van der Waals surface area contributed by atoms with Gasteiger partial charge in [-0.1, -0.05) is 18.5 Å². The molecule has 104 valence electrons. The molecule has 2 unspecified atom stereocenters. The van der Waals surface area contributed by atoms with E-state index < -0.39 is 0 Å². The van der Waals surface area contributed by atoms with E-state index in [1.165, 1.54) is 38.8 Å². The molecular formula is C14H21ClN4. The van der Waals surface area contributed by atoms with Gasteiger partial charge in [0.25, 0.3) is 0 Å². The standard InChI is InChI=1S/C14H21ClN4/c1-2-13-17-12(15)9-14(18-13)16-10-5-7-19-6-3-4-11(19)8-10/h9-11H,2-8H2,1H3,(H,16,17,18). The molecule has 2 atom stereocenters. The maximum Gasteiger partial charge on any atom is 0.134 e. The minimum atomic E-state index is 0.523. The second-order valence-electron chi connectivity index (χ2n) is 5.54. The van der Waals surface area contributed by atoms with Gasteiger partial charge in [-0.25, -0.2) is 9.97 Å². The fourth-order valence-electron chi connectivity index (χ4n) is 3.26. The van der Waals surface area contributed by atoms with Crippen LogP contribution in [-0.4, -0.2) is 40.0 Å². The number of hydrogen-bond acceptors (Lipinski definition) is 4. The van der Waals surface area contributed by atoms with Gasteiger partial charge in [-0.3, -0.25) is 0 Å². The van der Waals surface area contributed by atoms with Gasteiger partial charge in [0.15, 0.2) is 0 Å². The molecule has 2 aliphatic rings. The van der Waals surface area contributed by atoms with E-state index in [4.69, 9.17) is 11.6 Å². The van der Waals surface area contributed by atoms with Gasteiger partial charge in [-0.05, 0) is 32.2 Å². The summed E-state index contributed by atoms with van der Waals surface area (Å²) < 4.78 is 0. The van der Waals surface area contributed by atoms with Crippen LogP contribution in [-0.2, 0) is 6.42 Å². The quantitative estimate of drug-likeness (QED) is 0.865. The highest BCUT2D eigenvalue weighted by Crippen LogP contribution is 2.28. The van der Waals surface area contributed by atoms with Crippen molar-refractivity contribution in [1.29, 1.82) is 0 Å². The third-order valence-corrected chi connectivity index (χ3v) is 4.42. The third kappa shape index (κ3) is 3.00. The van der Waals surface area contributed by atoms with Crippen LogP contribution < -0.4 is 5.32 Å². The number of aromatic nitrogens is 2. The van der Waals surface area contributed by atoms with Gasteiger partial charge in [0, 0.05) is 31.1 Å². The average molecular weight is 281 g/mol. The lowest BCUT2D eigenvalue weighted by Gasteiger charge is -2.35. The largest absolute Gasteiger partial charge is 0.367 e. The molecule has 0 radical (unpaired) electrons. The number of anilines is 1. The maximum atomic E-state index is 6.04. The number of fused-ring (bicyclic) bond motifs is 1. The predicted molar refractivity (Wildman–Crippen MR) is 77.7 cm³/mol. The van der Waals surface area contributed by atoms with Crippen molar-refractivity contribution >= 4 is 17.4 Å². The second-order valence-corrected chi connectivity index (χ2v) is 5.93. The Morgan fingerprint density at radius 3 is 3.11 bits per heavy atom. The molecule has 2 aliphatic heterocycles. The summed E-state index contributed by atoms with van der Waals surface area (Å²) in [6, 6.07) is 3.13. The molecule has 2 saturated heterocycles. The van der Waals surface area contributed by atoms with Crippen LogP contribution in [0.15, 0.2) is 6.07 Å². The van der Waals surface area contributed by atoms with Crippen LogP contribution in [0.4, 0.5) is 5.82 Å². The number of halogens is 1. The zero-order valence-electron chi connectivity index (χ0n) is 11.4. The van der Waals surface area contributed by atoms with E-state index in [0.29, 0.717) is 11.2 Å². The van der Waals surface area contributed by atoms with Crippen LogP contribution >= 0.6 is 11.6 Å². The first-order chi connectivity index (χ1) is 9.24. The van der Waals surface area contributed by atoms with Gasteiger partial charge in [0.2, 0.25) is 0 Å². The molecule has 1 aromatic heterocycles. The van der Waals surface area contributed by atoms with Gasteiger partial charge in [-0.2, -0.15) is 0 Å². The van der Waals surface area contributed by atoms with Gasteiger partial charge in [-0.15, -0.1) is 0 Å². The zero-order valence-corrected chi connectivity index (χ0v) is 12.2. The maximum absolute atomic E-state index is 6.04. The summed E-state index contributed by atoms with van der Waals surface area (Å²) in [5.41, 5.74) is 0. The molecule has 1 aromatic rings. The van der Waals surface area contributed by atoms with Crippen LogP contribution in [0.25, 0.3) is 0 Å². The monoisotopic (exact) mass is 280 g/mol. The first-order valence-corrected chi connectivity index (χ1v) is 7.66. The Bertz CT molecular complexity index is 451. The molecule has 0 aliphatic carbocycles. The third-order valence-electron chi connectivity index (χ3n) is 4.23. The summed E-state index contributed by atoms with van der Waals surface area (Å²) >= 11 is 6.04. The van der Waals surface area contributed by atoms with E-state index in [1.807, 2.05) is 13.0 Å². The fourth-order valence-corrected chi connectivity index (χ4v) is 3.46. The van der Waals surface area contributed by atoms with Gasteiger partial charge < -0.3 is 10.2 Å².